The first-order valence-electron chi connectivity index (χ1n) is 9.36. The van der Waals surface area contributed by atoms with Crippen molar-refractivity contribution in [1.29, 1.82) is 0 Å². The summed E-state index contributed by atoms with van der Waals surface area (Å²) in [4.78, 5) is 9.08. The van der Waals surface area contributed by atoms with Crippen LogP contribution in [0.1, 0.15) is 24.7 Å². The van der Waals surface area contributed by atoms with Crippen LogP contribution in [0.25, 0.3) is 11.0 Å². The lowest BCUT2D eigenvalue weighted by molar-refractivity contribution is 0.609. The van der Waals surface area contributed by atoms with Gasteiger partial charge in [-0.2, -0.15) is 0 Å². The Morgan fingerprint density at radius 3 is 2.64 bits per heavy atom. The zero-order chi connectivity index (χ0) is 19.1. The van der Waals surface area contributed by atoms with Crippen LogP contribution in [0.5, 0.6) is 0 Å². The van der Waals surface area contributed by atoms with E-state index in [1.54, 1.807) is 12.1 Å². The van der Waals surface area contributed by atoms with Gasteiger partial charge in [0.2, 0.25) is 0 Å². The Morgan fingerprint density at radius 1 is 1.11 bits per heavy atom. The first kappa shape index (κ1) is 22.1. The third-order valence-electron chi connectivity index (χ3n) is 4.41. The molecule has 2 aromatic carbocycles. The zero-order valence-electron chi connectivity index (χ0n) is 16.3. The van der Waals surface area contributed by atoms with E-state index in [0.717, 1.165) is 42.9 Å². The fraction of sp³-hybridized carbons (Fsp3) is 0.333. The highest BCUT2D eigenvalue weighted by Gasteiger charge is 2.06. The van der Waals surface area contributed by atoms with E-state index >= 15 is 0 Å². The number of para-hydroxylation sites is 2. The molecule has 1 heterocycles. The molecule has 150 valence electrons. The van der Waals surface area contributed by atoms with Crippen molar-refractivity contribution >= 4 is 41.0 Å². The van der Waals surface area contributed by atoms with Crippen molar-refractivity contribution in [2.45, 2.75) is 33.4 Å². The summed E-state index contributed by atoms with van der Waals surface area (Å²) in [5, 5.41) is 6.53. The number of aromatic nitrogens is 2. The molecule has 0 amide bonds. The molecule has 7 heteroatoms. The summed E-state index contributed by atoms with van der Waals surface area (Å²) in [5.41, 5.74) is 2.79. The molecule has 0 aliphatic carbocycles. The Morgan fingerprint density at radius 2 is 1.86 bits per heavy atom. The van der Waals surface area contributed by atoms with E-state index in [2.05, 4.69) is 31.2 Å². The summed E-state index contributed by atoms with van der Waals surface area (Å²) < 4.78 is 16.0. The van der Waals surface area contributed by atoms with Crippen LogP contribution in [-0.2, 0) is 13.1 Å². The number of aliphatic imine (C=N–C) groups is 1. The van der Waals surface area contributed by atoms with Crippen molar-refractivity contribution < 1.29 is 4.39 Å². The number of hydrogen-bond acceptors (Lipinski definition) is 2. The molecule has 1 aromatic heterocycles. The van der Waals surface area contributed by atoms with Crippen LogP contribution in [0, 0.1) is 12.7 Å². The van der Waals surface area contributed by atoms with E-state index < -0.39 is 0 Å². The standard InChI is InChI=1S/C21H26FN5.HI/c1-3-23-21(25-15-17-9-4-5-10-18(17)22)24-13-8-14-27-16(2)26-19-11-6-7-12-20(19)27;/h4-7,9-12H,3,8,13-15H2,1-2H3,(H2,23,24,25);1H. The predicted octanol–water partition coefficient (Wildman–Crippen LogP) is 4.25. The molecule has 0 spiro atoms. The summed E-state index contributed by atoms with van der Waals surface area (Å²) in [7, 11) is 0. The van der Waals surface area contributed by atoms with Gasteiger partial charge in [-0.1, -0.05) is 30.3 Å². The lowest BCUT2D eigenvalue weighted by atomic mass is 10.2. The van der Waals surface area contributed by atoms with Gasteiger partial charge in [-0.05, 0) is 38.5 Å². The smallest absolute Gasteiger partial charge is 0.191 e. The minimum absolute atomic E-state index is 0. The van der Waals surface area contributed by atoms with Crippen molar-refractivity contribution in [3.8, 4) is 0 Å². The van der Waals surface area contributed by atoms with Crippen LogP contribution in [-0.4, -0.2) is 28.6 Å². The third-order valence-corrected chi connectivity index (χ3v) is 4.41. The number of fused-ring (bicyclic) bond motifs is 1. The van der Waals surface area contributed by atoms with Crippen molar-refractivity contribution in [1.82, 2.24) is 20.2 Å². The SMILES string of the molecule is CCNC(=NCc1ccccc1F)NCCCn1c(C)nc2ccccc21.I. The predicted molar refractivity (Wildman–Crippen MR) is 124 cm³/mol. The van der Waals surface area contributed by atoms with E-state index in [1.165, 1.54) is 6.07 Å². The quantitative estimate of drug-likeness (QED) is 0.223. The molecule has 28 heavy (non-hydrogen) atoms. The van der Waals surface area contributed by atoms with Gasteiger partial charge in [-0.25, -0.2) is 14.4 Å². The highest BCUT2D eigenvalue weighted by atomic mass is 127. The van der Waals surface area contributed by atoms with Gasteiger partial charge < -0.3 is 15.2 Å². The van der Waals surface area contributed by atoms with Gasteiger partial charge >= 0.3 is 0 Å². The average molecular weight is 495 g/mol. The summed E-state index contributed by atoms with van der Waals surface area (Å²) in [6.45, 7) is 6.78. The van der Waals surface area contributed by atoms with Crippen LogP contribution in [0.15, 0.2) is 53.5 Å². The number of benzene rings is 2. The van der Waals surface area contributed by atoms with Gasteiger partial charge in [0, 0.05) is 25.2 Å². The molecular weight excluding hydrogens is 468 g/mol. The van der Waals surface area contributed by atoms with Crippen LogP contribution >= 0.6 is 24.0 Å². The second-order valence-electron chi connectivity index (χ2n) is 6.37. The van der Waals surface area contributed by atoms with E-state index in [4.69, 9.17) is 0 Å². The summed E-state index contributed by atoms with van der Waals surface area (Å²) in [6.07, 6.45) is 0.936. The number of guanidine groups is 1. The largest absolute Gasteiger partial charge is 0.357 e. The summed E-state index contributed by atoms with van der Waals surface area (Å²) in [6, 6.07) is 14.9. The van der Waals surface area contributed by atoms with E-state index in [1.807, 2.05) is 38.1 Å². The maximum atomic E-state index is 13.7. The molecule has 3 rings (SSSR count). The number of rotatable bonds is 7. The average Bonchev–Trinajstić information content (AvgIpc) is 2.99. The Kier molecular flexibility index (Phi) is 8.69. The minimum Gasteiger partial charge on any atom is -0.357 e. The third kappa shape index (κ3) is 5.67. The topological polar surface area (TPSA) is 54.2 Å². The number of hydrogen-bond donors (Lipinski definition) is 2. The van der Waals surface area contributed by atoms with Gasteiger partial charge in [-0.15, -0.1) is 24.0 Å². The van der Waals surface area contributed by atoms with Crippen molar-refractivity contribution in [2.75, 3.05) is 13.1 Å². The molecule has 0 aliphatic rings. The second kappa shape index (κ2) is 11.0. The monoisotopic (exact) mass is 495 g/mol. The van der Waals surface area contributed by atoms with Gasteiger partial charge in [0.1, 0.15) is 11.6 Å². The summed E-state index contributed by atoms with van der Waals surface area (Å²) >= 11 is 0. The van der Waals surface area contributed by atoms with Crippen molar-refractivity contribution in [3.63, 3.8) is 0 Å². The fourth-order valence-electron chi connectivity index (χ4n) is 3.05. The fourth-order valence-corrected chi connectivity index (χ4v) is 3.05. The molecule has 0 fully saturated rings. The number of aryl methyl sites for hydroxylation is 2. The Labute approximate surface area is 182 Å². The number of imidazole rings is 1. The first-order chi connectivity index (χ1) is 13.2. The molecule has 0 saturated carbocycles. The number of nitrogens with one attached hydrogen (secondary N) is 2. The minimum atomic E-state index is -0.223. The van der Waals surface area contributed by atoms with E-state index in [9.17, 15) is 4.39 Å². The van der Waals surface area contributed by atoms with Gasteiger partial charge in [-0.3, -0.25) is 0 Å². The maximum absolute atomic E-state index is 13.7. The van der Waals surface area contributed by atoms with Crippen LogP contribution in [0.4, 0.5) is 4.39 Å². The lowest BCUT2D eigenvalue weighted by Gasteiger charge is -2.12. The maximum Gasteiger partial charge on any atom is 0.191 e. The highest BCUT2D eigenvalue weighted by Crippen LogP contribution is 2.15. The molecule has 0 bridgehead atoms. The molecule has 0 atom stereocenters. The zero-order valence-corrected chi connectivity index (χ0v) is 18.6. The molecule has 2 N–H and O–H groups in total. The molecular formula is C21H27FIN5. The van der Waals surface area contributed by atoms with Crippen molar-refractivity contribution in [3.05, 3.63) is 65.7 Å². The Hall–Kier alpha value is -2.16. The number of nitrogens with zero attached hydrogens (tertiary/aromatic N) is 3. The normalized spacial score (nSPS) is 11.3. The van der Waals surface area contributed by atoms with Gasteiger partial charge in [0.25, 0.3) is 0 Å². The van der Waals surface area contributed by atoms with Crippen LogP contribution in [0.3, 0.4) is 0 Å². The van der Waals surface area contributed by atoms with E-state index in [-0.39, 0.29) is 29.8 Å². The number of halogens is 2. The Balaban J connectivity index is 0.00000280. The first-order valence-corrected chi connectivity index (χ1v) is 9.36. The highest BCUT2D eigenvalue weighted by molar-refractivity contribution is 14.0. The molecule has 0 saturated heterocycles. The van der Waals surface area contributed by atoms with Gasteiger partial charge in [0.15, 0.2) is 5.96 Å². The second-order valence-corrected chi connectivity index (χ2v) is 6.37. The molecule has 3 aromatic rings. The van der Waals surface area contributed by atoms with Crippen LogP contribution < -0.4 is 10.6 Å². The van der Waals surface area contributed by atoms with Crippen LogP contribution in [0.2, 0.25) is 0 Å². The molecule has 0 radical (unpaired) electrons. The Bertz CT molecular complexity index is 922. The summed E-state index contributed by atoms with van der Waals surface area (Å²) in [5.74, 6) is 1.50. The molecule has 0 aliphatic heterocycles. The molecule has 0 unspecified atom stereocenters. The van der Waals surface area contributed by atoms with E-state index in [0.29, 0.717) is 18.1 Å². The lowest BCUT2D eigenvalue weighted by Crippen LogP contribution is -2.38. The van der Waals surface area contributed by atoms with Gasteiger partial charge in [0.05, 0.1) is 17.6 Å². The molecule has 5 nitrogen and oxygen atoms in total. The van der Waals surface area contributed by atoms with Crippen molar-refractivity contribution in [2.24, 2.45) is 4.99 Å².